The molecule has 1 aliphatic rings. The van der Waals surface area contributed by atoms with Gasteiger partial charge in [0.05, 0.1) is 24.5 Å². The first kappa shape index (κ1) is 19.6. The van der Waals surface area contributed by atoms with Gasteiger partial charge in [-0.1, -0.05) is 6.92 Å². The van der Waals surface area contributed by atoms with Gasteiger partial charge in [0.15, 0.2) is 17.0 Å². The van der Waals surface area contributed by atoms with Crippen LogP contribution < -0.4 is 16.0 Å². The number of imidazole rings is 1. The molecule has 0 spiro atoms. The minimum Gasteiger partial charge on any atom is -0.391 e. The smallest absolute Gasteiger partial charge is 0.227 e. The maximum absolute atomic E-state index is 13.9. The summed E-state index contributed by atoms with van der Waals surface area (Å²) in [7, 11) is 1.84. The first-order chi connectivity index (χ1) is 11.5. The number of aliphatic hydroxyl groups is 1. The van der Waals surface area contributed by atoms with Crippen molar-refractivity contribution in [3.05, 3.63) is 6.33 Å². The molecule has 0 radical (unpaired) electrons. The summed E-state index contributed by atoms with van der Waals surface area (Å²) in [6.45, 7) is 4.57. The van der Waals surface area contributed by atoms with E-state index >= 15 is 0 Å². The number of fused-ring (bicyclic) bond motifs is 1. The second-order valence-corrected chi connectivity index (χ2v) is 6.25. The molecule has 4 N–H and O–H groups in total. The zero-order chi connectivity index (χ0) is 17.3. The van der Waals surface area contributed by atoms with E-state index in [1.165, 1.54) is 0 Å². The molecule has 0 aromatic carbocycles. The number of rotatable bonds is 6. The topological polar surface area (TPSA) is 99.9 Å². The van der Waals surface area contributed by atoms with Crippen LogP contribution in [0.4, 0.5) is 16.2 Å². The molecule has 0 bridgehead atoms. The monoisotopic (exact) mass is 373 g/mol. The van der Waals surface area contributed by atoms with E-state index in [2.05, 4.69) is 30.9 Å². The Balaban J connectivity index is 0.00000225. The Bertz CT molecular complexity index is 710. The number of hydrogen-bond acceptors (Lipinski definition) is 7. The summed E-state index contributed by atoms with van der Waals surface area (Å²) in [4.78, 5) is 13.3. The number of aliphatic hydroxyl groups excluding tert-OH is 1. The van der Waals surface area contributed by atoms with Gasteiger partial charge in [0.25, 0.3) is 0 Å². The lowest BCUT2D eigenvalue weighted by molar-refractivity contribution is 0.169. The minimum absolute atomic E-state index is 0. The molecule has 8 nitrogen and oxygen atoms in total. The Kier molecular flexibility index (Phi) is 6.36. The van der Waals surface area contributed by atoms with Gasteiger partial charge in [0.2, 0.25) is 5.95 Å². The van der Waals surface area contributed by atoms with E-state index in [9.17, 15) is 9.50 Å². The first-order valence-electron chi connectivity index (χ1n) is 8.24. The molecule has 0 aliphatic carbocycles. The zero-order valence-electron chi connectivity index (χ0n) is 14.5. The summed E-state index contributed by atoms with van der Waals surface area (Å²) < 4.78 is 15.7. The van der Waals surface area contributed by atoms with E-state index in [0.29, 0.717) is 36.0 Å². The fraction of sp³-hybridized carbons (Fsp3) is 0.667. The molecule has 4 atom stereocenters. The third-order valence-electron chi connectivity index (χ3n) is 4.36. The van der Waals surface area contributed by atoms with Crippen molar-refractivity contribution in [2.75, 3.05) is 23.7 Å². The first-order valence-corrected chi connectivity index (χ1v) is 8.24. The normalized spacial score (nSPS) is 22.4. The number of halogens is 2. The molecule has 0 unspecified atom stereocenters. The summed E-state index contributed by atoms with van der Waals surface area (Å²) in [6.07, 6.45) is 0.870. The summed E-state index contributed by atoms with van der Waals surface area (Å²) >= 11 is 0. The van der Waals surface area contributed by atoms with Crippen LogP contribution in [0.15, 0.2) is 6.33 Å². The molecule has 3 heterocycles. The number of nitrogens with zero attached hydrogens (tertiary/aromatic N) is 4. The molecule has 0 amide bonds. The zero-order valence-corrected chi connectivity index (χ0v) is 15.3. The van der Waals surface area contributed by atoms with E-state index in [4.69, 9.17) is 0 Å². The minimum atomic E-state index is -0.976. The van der Waals surface area contributed by atoms with Gasteiger partial charge in [-0.25, -0.2) is 9.37 Å². The molecule has 2 aromatic rings. The Hall–Kier alpha value is -1.71. The lowest BCUT2D eigenvalue weighted by atomic mass is 10.1. The Labute approximate surface area is 152 Å². The van der Waals surface area contributed by atoms with Crippen molar-refractivity contribution in [3.63, 3.8) is 0 Å². The highest BCUT2D eigenvalue weighted by molar-refractivity contribution is 5.85. The van der Waals surface area contributed by atoms with Crippen LogP contribution in [0.25, 0.3) is 11.2 Å². The van der Waals surface area contributed by atoms with Gasteiger partial charge < -0.3 is 25.6 Å². The van der Waals surface area contributed by atoms with E-state index in [0.717, 1.165) is 6.42 Å². The quantitative estimate of drug-likeness (QED) is 0.601. The molecular weight excluding hydrogens is 349 g/mol. The summed E-state index contributed by atoms with van der Waals surface area (Å²) in [5, 5.41) is 19.1. The Morgan fingerprint density at radius 1 is 1.44 bits per heavy atom. The fourth-order valence-electron chi connectivity index (χ4n) is 2.87. The van der Waals surface area contributed by atoms with Gasteiger partial charge in [0.1, 0.15) is 6.17 Å². The van der Waals surface area contributed by atoms with Crippen LogP contribution >= 0.6 is 12.4 Å². The number of anilines is 2. The number of alkyl halides is 1. The van der Waals surface area contributed by atoms with Crippen molar-refractivity contribution in [2.24, 2.45) is 7.05 Å². The summed E-state index contributed by atoms with van der Waals surface area (Å²) in [5.74, 6) is 0.891. The average Bonchev–Trinajstić information content (AvgIpc) is 3.12. The second kappa shape index (κ2) is 8.11. The maximum Gasteiger partial charge on any atom is 0.227 e. The summed E-state index contributed by atoms with van der Waals surface area (Å²) in [5.41, 5.74) is 1.25. The van der Waals surface area contributed by atoms with E-state index in [-0.39, 0.29) is 24.5 Å². The van der Waals surface area contributed by atoms with Gasteiger partial charge in [0, 0.05) is 20.1 Å². The Morgan fingerprint density at radius 3 is 2.80 bits per heavy atom. The standard InChI is InChI=1S/C15H24FN7O.ClH/c1-4-10(8(2)24)20-15-21-13(19-11-6-17-5-9(11)16)12-14(22-15)23(3)7-18-12;/h7-11,17,24H,4-6H2,1-3H3,(H2,19,20,21,22);1H/t8-,9-,10+,11-;/m1./s1. The molecule has 2 aromatic heterocycles. The summed E-state index contributed by atoms with van der Waals surface area (Å²) in [6, 6.07) is -0.512. The molecule has 140 valence electrons. The highest BCUT2D eigenvalue weighted by Gasteiger charge is 2.28. The van der Waals surface area contributed by atoms with E-state index in [1.54, 1.807) is 17.8 Å². The third-order valence-corrected chi connectivity index (χ3v) is 4.36. The number of hydrogen-bond donors (Lipinski definition) is 4. The lowest BCUT2D eigenvalue weighted by Crippen LogP contribution is -2.32. The van der Waals surface area contributed by atoms with Gasteiger partial charge in [-0.3, -0.25) is 0 Å². The highest BCUT2D eigenvalue weighted by Crippen LogP contribution is 2.23. The van der Waals surface area contributed by atoms with Crippen molar-refractivity contribution >= 4 is 35.3 Å². The van der Waals surface area contributed by atoms with Gasteiger partial charge >= 0.3 is 0 Å². The lowest BCUT2D eigenvalue weighted by Gasteiger charge is -2.21. The van der Waals surface area contributed by atoms with Crippen molar-refractivity contribution < 1.29 is 9.50 Å². The second-order valence-electron chi connectivity index (χ2n) is 6.25. The molecule has 10 heteroatoms. The molecule has 25 heavy (non-hydrogen) atoms. The average molecular weight is 374 g/mol. The van der Waals surface area contributed by atoms with Gasteiger partial charge in [-0.05, 0) is 13.3 Å². The largest absolute Gasteiger partial charge is 0.391 e. The van der Waals surface area contributed by atoms with Crippen molar-refractivity contribution in [1.29, 1.82) is 0 Å². The van der Waals surface area contributed by atoms with Crippen molar-refractivity contribution in [3.8, 4) is 0 Å². The van der Waals surface area contributed by atoms with Crippen LogP contribution in [0.1, 0.15) is 20.3 Å². The van der Waals surface area contributed by atoms with Crippen LogP contribution in [0.3, 0.4) is 0 Å². The van der Waals surface area contributed by atoms with Crippen LogP contribution in [-0.4, -0.2) is 62.1 Å². The molecule has 1 saturated heterocycles. The molecule has 1 fully saturated rings. The molecule has 3 rings (SSSR count). The SMILES string of the molecule is CC[C@H](Nc1nc(N[C@@H]2CNC[C@H]2F)c2ncn(C)c2n1)[C@@H](C)O.Cl. The predicted octanol–water partition coefficient (Wildman–Crippen LogP) is 1.08. The van der Waals surface area contributed by atoms with Gasteiger partial charge in [-0.2, -0.15) is 9.97 Å². The van der Waals surface area contributed by atoms with Crippen molar-refractivity contribution in [2.45, 2.75) is 44.6 Å². The number of nitrogens with one attached hydrogen (secondary N) is 3. The van der Waals surface area contributed by atoms with E-state index < -0.39 is 12.3 Å². The van der Waals surface area contributed by atoms with Crippen molar-refractivity contribution in [1.82, 2.24) is 24.8 Å². The molecular formula is C15H25ClFN7O. The fourth-order valence-corrected chi connectivity index (χ4v) is 2.87. The van der Waals surface area contributed by atoms with Crippen LogP contribution in [0, 0.1) is 0 Å². The van der Waals surface area contributed by atoms with E-state index in [1.807, 2.05) is 14.0 Å². The molecule has 0 saturated carbocycles. The van der Waals surface area contributed by atoms with Crippen LogP contribution in [0.2, 0.25) is 0 Å². The van der Waals surface area contributed by atoms with Gasteiger partial charge in [-0.15, -0.1) is 12.4 Å². The third kappa shape index (κ3) is 4.10. The Morgan fingerprint density at radius 2 is 2.20 bits per heavy atom. The predicted molar refractivity (Wildman–Crippen MR) is 98.1 cm³/mol. The van der Waals surface area contributed by atoms with Crippen LogP contribution in [-0.2, 0) is 7.05 Å². The maximum atomic E-state index is 13.9. The number of aryl methyl sites for hydroxylation is 1. The number of aromatic nitrogens is 4. The highest BCUT2D eigenvalue weighted by atomic mass is 35.5. The van der Waals surface area contributed by atoms with Crippen LogP contribution in [0.5, 0.6) is 0 Å². The molecule has 1 aliphatic heterocycles.